The molecule has 0 amide bonds. The lowest BCUT2D eigenvalue weighted by molar-refractivity contribution is 0.335. The maximum absolute atomic E-state index is 5.76. The van der Waals surface area contributed by atoms with Crippen LogP contribution in [-0.4, -0.2) is 16.7 Å². The minimum Gasteiger partial charge on any atom is -0.339 e. The molecule has 2 rings (SSSR count). The summed E-state index contributed by atoms with van der Waals surface area (Å²) in [5, 5.41) is 8.01. The number of nitrogens with zero attached hydrogens (tertiary/aromatic N) is 2. The lowest BCUT2D eigenvalue weighted by Crippen LogP contribution is -2.15. The van der Waals surface area contributed by atoms with Crippen molar-refractivity contribution in [2.45, 2.75) is 26.2 Å². The van der Waals surface area contributed by atoms with Gasteiger partial charge in [-0.2, -0.15) is 16.3 Å². The van der Waals surface area contributed by atoms with E-state index in [-0.39, 0.29) is 5.92 Å². The van der Waals surface area contributed by atoms with Crippen LogP contribution in [0.5, 0.6) is 0 Å². The maximum atomic E-state index is 5.76. The zero-order valence-electron chi connectivity index (χ0n) is 10.1. The van der Waals surface area contributed by atoms with Crippen LogP contribution in [0.1, 0.15) is 32.1 Å². The molecule has 2 aromatic rings. The fourth-order valence-corrected chi connectivity index (χ4v) is 2.41. The third kappa shape index (κ3) is 2.92. The van der Waals surface area contributed by atoms with Crippen LogP contribution in [0.3, 0.4) is 0 Å². The number of hydrogen-bond donors (Lipinski definition) is 1. The van der Waals surface area contributed by atoms with Gasteiger partial charge in [-0.1, -0.05) is 19.0 Å². The second kappa shape index (κ2) is 5.42. The van der Waals surface area contributed by atoms with Crippen LogP contribution in [0, 0.1) is 5.92 Å². The van der Waals surface area contributed by atoms with Crippen LogP contribution in [0.4, 0.5) is 0 Å². The molecule has 2 heterocycles. The molecule has 0 fully saturated rings. The minimum atomic E-state index is 0.162. The van der Waals surface area contributed by atoms with Crippen LogP contribution in [0.2, 0.25) is 0 Å². The zero-order valence-corrected chi connectivity index (χ0v) is 10.9. The van der Waals surface area contributed by atoms with E-state index in [0.29, 0.717) is 24.2 Å². The van der Waals surface area contributed by atoms with Gasteiger partial charge in [0.1, 0.15) is 0 Å². The van der Waals surface area contributed by atoms with Crippen molar-refractivity contribution >= 4 is 11.3 Å². The van der Waals surface area contributed by atoms with Crippen LogP contribution in [0.25, 0.3) is 11.4 Å². The standard InChI is InChI=1S/C12H17N3OS/c1-8(2)5-10(6-13)12-14-11(15-16-12)9-3-4-17-7-9/h3-4,7-8,10H,5-6,13H2,1-2H3. The Kier molecular flexibility index (Phi) is 3.91. The summed E-state index contributed by atoms with van der Waals surface area (Å²) in [6.45, 7) is 4.88. The summed E-state index contributed by atoms with van der Waals surface area (Å²) in [6, 6.07) is 1.99. The van der Waals surface area contributed by atoms with Gasteiger partial charge in [0.05, 0.1) is 5.92 Å². The molecule has 0 aliphatic rings. The van der Waals surface area contributed by atoms with Crippen molar-refractivity contribution in [1.82, 2.24) is 10.1 Å². The molecule has 0 saturated carbocycles. The molecule has 0 radical (unpaired) electrons. The molecule has 0 bridgehead atoms. The third-order valence-electron chi connectivity index (χ3n) is 2.61. The van der Waals surface area contributed by atoms with Gasteiger partial charge in [-0.05, 0) is 23.8 Å². The molecule has 4 nitrogen and oxygen atoms in total. The first-order valence-electron chi connectivity index (χ1n) is 5.77. The number of nitrogens with two attached hydrogens (primary N) is 1. The van der Waals surface area contributed by atoms with Gasteiger partial charge in [0.2, 0.25) is 11.7 Å². The molecule has 0 aliphatic carbocycles. The first kappa shape index (κ1) is 12.3. The normalized spacial score (nSPS) is 13.2. The molecule has 2 N–H and O–H groups in total. The van der Waals surface area contributed by atoms with Gasteiger partial charge in [0.15, 0.2) is 0 Å². The predicted molar refractivity (Wildman–Crippen MR) is 68.9 cm³/mol. The van der Waals surface area contributed by atoms with Gasteiger partial charge in [-0.15, -0.1) is 0 Å². The zero-order chi connectivity index (χ0) is 12.3. The number of aromatic nitrogens is 2. The molecule has 0 aliphatic heterocycles. The van der Waals surface area contributed by atoms with Crippen molar-refractivity contribution in [2.24, 2.45) is 11.7 Å². The molecule has 0 aromatic carbocycles. The highest BCUT2D eigenvalue weighted by molar-refractivity contribution is 7.08. The van der Waals surface area contributed by atoms with E-state index in [4.69, 9.17) is 10.3 Å². The minimum absolute atomic E-state index is 0.162. The summed E-state index contributed by atoms with van der Waals surface area (Å²) in [7, 11) is 0. The summed E-state index contributed by atoms with van der Waals surface area (Å²) < 4.78 is 5.31. The second-order valence-electron chi connectivity index (χ2n) is 4.53. The van der Waals surface area contributed by atoms with E-state index < -0.39 is 0 Å². The van der Waals surface area contributed by atoms with Crippen LogP contribution in [0.15, 0.2) is 21.3 Å². The molecule has 5 heteroatoms. The van der Waals surface area contributed by atoms with Gasteiger partial charge in [-0.3, -0.25) is 0 Å². The van der Waals surface area contributed by atoms with Crippen molar-refractivity contribution in [3.63, 3.8) is 0 Å². The maximum Gasteiger partial charge on any atom is 0.231 e. The lowest BCUT2D eigenvalue weighted by atomic mass is 9.97. The molecule has 17 heavy (non-hydrogen) atoms. The van der Waals surface area contributed by atoms with E-state index >= 15 is 0 Å². The largest absolute Gasteiger partial charge is 0.339 e. The van der Waals surface area contributed by atoms with Gasteiger partial charge in [0, 0.05) is 17.5 Å². The van der Waals surface area contributed by atoms with Gasteiger partial charge < -0.3 is 10.3 Å². The van der Waals surface area contributed by atoms with E-state index in [9.17, 15) is 0 Å². The lowest BCUT2D eigenvalue weighted by Gasteiger charge is -2.11. The fraction of sp³-hybridized carbons (Fsp3) is 0.500. The fourth-order valence-electron chi connectivity index (χ4n) is 1.78. The van der Waals surface area contributed by atoms with E-state index in [2.05, 4.69) is 24.0 Å². The molecule has 1 unspecified atom stereocenters. The highest BCUT2D eigenvalue weighted by Crippen LogP contribution is 2.25. The van der Waals surface area contributed by atoms with Crippen LogP contribution >= 0.6 is 11.3 Å². The van der Waals surface area contributed by atoms with Crippen molar-refractivity contribution in [3.8, 4) is 11.4 Å². The average Bonchev–Trinajstić information content (AvgIpc) is 2.95. The van der Waals surface area contributed by atoms with E-state index in [1.54, 1.807) is 11.3 Å². The summed E-state index contributed by atoms with van der Waals surface area (Å²) in [5.41, 5.74) is 6.76. The molecule has 92 valence electrons. The van der Waals surface area contributed by atoms with E-state index in [1.165, 1.54) is 0 Å². The molecular weight excluding hydrogens is 234 g/mol. The number of rotatable bonds is 5. The smallest absolute Gasteiger partial charge is 0.231 e. The summed E-state index contributed by atoms with van der Waals surface area (Å²) in [4.78, 5) is 4.43. The van der Waals surface area contributed by atoms with Crippen LogP contribution < -0.4 is 5.73 Å². The first-order valence-corrected chi connectivity index (χ1v) is 6.71. The average molecular weight is 251 g/mol. The Labute approximate surface area is 105 Å². The Morgan fingerprint density at radius 1 is 1.47 bits per heavy atom. The Morgan fingerprint density at radius 3 is 2.88 bits per heavy atom. The predicted octanol–water partition coefficient (Wildman–Crippen LogP) is 2.89. The van der Waals surface area contributed by atoms with Crippen molar-refractivity contribution in [2.75, 3.05) is 6.54 Å². The second-order valence-corrected chi connectivity index (χ2v) is 5.31. The monoisotopic (exact) mass is 251 g/mol. The topological polar surface area (TPSA) is 64.9 Å². The van der Waals surface area contributed by atoms with Crippen molar-refractivity contribution < 1.29 is 4.52 Å². The molecule has 0 spiro atoms. The van der Waals surface area contributed by atoms with Gasteiger partial charge in [0.25, 0.3) is 0 Å². The Morgan fingerprint density at radius 2 is 2.29 bits per heavy atom. The Bertz CT molecular complexity index is 450. The third-order valence-corrected chi connectivity index (χ3v) is 3.29. The highest BCUT2D eigenvalue weighted by Gasteiger charge is 2.19. The summed E-state index contributed by atoms with van der Waals surface area (Å²) >= 11 is 1.62. The summed E-state index contributed by atoms with van der Waals surface area (Å²) in [6.07, 6.45) is 0.974. The van der Waals surface area contributed by atoms with Gasteiger partial charge >= 0.3 is 0 Å². The SMILES string of the molecule is CC(C)CC(CN)c1nc(-c2ccsc2)no1. The highest BCUT2D eigenvalue weighted by atomic mass is 32.1. The van der Waals surface area contributed by atoms with E-state index in [0.717, 1.165) is 12.0 Å². The van der Waals surface area contributed by atoms with E-state index in [1.807, 2.05) is 16.8 Å². The molecule has 0 saturated heterocycles. The summed E-state index contributed by atoms with van der Waals surface area (Å²) in [5.74, 6) is 2.04. The Hall–Kier alpha value is -1.20. The van der Waals surface area contributed by atoms with Crippen LogP contribution in [-0.2, 0) is 0 Å². The van der Waals surface area contributed by atoms with Crippen molar-refractivity contribution in [3.05, 3.63) is 22.7 Å². The molecular formula is C12H17N3OS. The quantitative estimate of drug-likeness (QED) is 0.887. The number of hydrogen-bond acceptors (Lipinski definition) is 5. The Balaban J connectivity index is 2.16. The van der Waals surface area contributed by atoms with Gasteiger partial charge in [-0.25, -0.2) is 0 Å². The molecule has 2 aromatic heterocycles. The number of thiophene rings is 1. The van der Waals surface area contributed by atoms with Crippen molar-refractivity contribution in [1.29, 1.82) is 0 Å². The first-order chi connectivity index (χ1) is 8.20. The molecule has 1 atom stereocenters.